The van der Waals surface area contributed by atoms with Gasteiger partial charge in [0.15, 0.2) is 0 Å². The highest BCUT2D eigenvalue weighted by molar-refractivity contribution is 5.94. The van der Waals surface area contributed by atoms with Crippen molar-refractivity contribution in [3.63, 3.8) is 0 Å². The van der Waals surface area contributed by atoms with Crippen molar-refractivity contribution in [2.75, 3.05) is 6.54 Å². The summed E-state index contributed by atoms with van der Waals surface area (Å²) in [4.78, 5) is 16.3. The number of hydrogen-bond donors (Lipinski definition) is 2. The molecule has 120 valence electrons. The predicted octanol–water partition coefficient (Wildman–Crippen LogP) is 2.92. The highest BCUT2D eigenvalue weighted by Crippen LogP contribution is 2.28. The van der Waals surface area contributed by atoms with Crippen LogP contribution in [0.3, 0.4) is 0 Å². The molecule has 1 aromatic carbocycles. The molecule has 1 aliphatic rings. The first-order valence-corrected chi connectivity index (χ1v) is 7.78. The number of halogens is 1. The largest absolute Gasteiger partial charge is 0.388 e. The second-order valence-corrected chi connectivity index (χ2v) is 6.06. The molecule has 2 aromatic rings. The van der Waals surface area contributed by atoms with Gasteiger partial charge in [-0.25, -0.2) is 4.39 Å². The first-order valence-electron chi connectivity index (χ1n) is 7.78. The summed E-state index contributed by atoms with van der Waals surface area (Å²) in [5, 5.41) is 13.0. The van der Waals surface area contributed by atoms with Gasteiger partial charge in [0.05, 0.1) is 16.9 Å². The van der Waals surface area contributed by atoms with Crippen molar-refractivity contribution in [1.29, 1.82) is 0 Å². The first-order chi connectivity index (χ1) is 11.1. The average molecular weight is 314 g/mol. The van der Waals surface area contributed by atoms with Crippen molar-refractivity contribution in [3.05, 3.63) is 54.0 Å². The average Bonchev–Trinajstić information content (AvgIpc) is 3.00. The van der Waals surface area contributed by atoms with Crippen LogP contribution < -0.4 is 5.32 Å². The Balaban J connectivity index is 1.65. The molecule has 0 unspecified atom stereocenters. The van der Waals surface area contributed by atoms with E-state index in [2.05, 4.69) is 10.3 Å². The minimum Gasteiger partial charge on any atom is -0.388 e. The molecule has 0 radical (unpaired) electrons. The third-order valence-electron chi connectivity index (χ3n) is 4.26. The maximum Gasteiger partial charge on any atom is 0.252 e. The molecule has 0 saturated heterocycles. The number of rotatable bonds is 4. The number of nitrogens with one attached hydrogen (secondary N) is 1. The monoisotopic (exact) mass is 314 g/mol. The Labute approximate surface area is 134 Å². The molecular formula is C18H19FN2O2. The van der Waals surface area contributed by atoms with Crippen molar-refractivity contribution in [2.45, 2.75) is 31.3 Å². The summed E-state index contributed by atoms with van der Waals surface area (Å²) in [5.74, 6) is -0.584. The number of pyridine rings is 1. The molecule has 0 atom stereocenters. The van der Waals surface area contributed by atoms with E-state index in [1.54, 1.807) is 24.3 Å². The zero-order valence-electron chi connectivity index (χ0n) is 12.8. The molecule has 1 amide bonds. The molecule has 1 fully saturated rings. The third kappa shape index (κ3) is 3.74. The molecule has 0 aliphatic heterocycles. The second kappa shape index (κ2) is 6.46. The van der Waals surface area contributed by atoms with Crippen LogP contribution in [0, 0.1) is 5.82 Å². The van der Waals surface area contributed by atoms with E-state index in [0.717, 1.165) is 25.7 Å². The fourth-order valence-electron chi connectivity index (χ4n) is 2.90. The number of nitrogens with zero attached hydrogens (tertiary/aromatic N) is 1. The summed E-state index contributed by atoms with van der Waals surface area (Å²) < 4.78 is 13.2. The molecule has 23 heavy (non-hydrogen) atoms. The Morgan fingerprint density at radius 2 is 2.04 bits per heavy atom. The highest BCUT2D eigenvalue weighted by Gasteiger charge is 2.31. The number of aliphatic hydroxyl groups is 1. The lowest BCUT2D eigenvalue weighted by atomic mass is 10.0. The predicted molar refractivity (Wildman–Crippen MR) is 85.4 cm³/mol. The van der Waals surface area contributed by atoms with Crippen molar-refractivity contribution in [3.8, 4) is 11.3 Å². The zero-order chi connectivity index (χ0) is 16.3. The molecule has 0 spiro atoms. The van der Waals surface area contributed by atoms with Crippen molar-refractivity contribution in [1.82, 2.24) is 10.3 Å². The van der Waals surface area contributed by atoms with Gasteiger partial charge in [-0.2, -0.15) is 0 Å². The third-order valence-corrected chi connectivity index (χ3v) is 4.26. The van der Waals surface area contributed by atoms with Crippen LogP contribution in [0.2, 0.25) is 0 Å². The Bertz CT molecular complexity index is 694. The second-order valence-electron chi connectivity index (χ2n) is 6.06. The molecule has 0 bridgehead atoms. The fraction of sp³-hybridized carbons (Fsp3) is 0.333. The SMILES string of the molecule is O=C(NCC1(O)CCCC1)c1ccc(-c2cccc(F)c2)nc1. The van der Waals surface area contributed by atoms with E-state index in [0.29, 0.717) is 16.8 Å². The number of aromatic nitrogens is 1. The van der Waals surface area contributed by atoms with E-state index >= 15 is 0 Å². The minimum absolute atomic E-state index is 0.261. The lowest BCUT2D eigenvalue weighted by Gasteiger charge is -2.22. The van der Waals surface area contributed by atoms with Crippen LogP contribution >= 0.6 is 0 Å². The summed E-state index contributed by atoms with van der Waals surface area (Å²) >= 11 is 0. The molecular weight excluding hydrogens is 295 g/mol. The molecule has 3 rings (SSSR count). The van der Waals surface area contributed by atoms with Gasteiger partial charge in [-0.3, -0.25) is 9.78 Å². The Morgan fingerprint density at radius 3 is 2.70 bits per heavy atom. The molecule has 4 nitrogen and oxygen atoms in total. The highest BCUT2D eigenvalue weighted by atomic mass is 19.1. The number of amides is 1. The fourth-order valence-corrected chi connectivity index (χ4v) is 2.90. The van der Waals surface area contributed by atoms with Gasteiger partial charge >= 0.3 is 0 Å². The number of carbonyl (C=O) groups is 1. The normalized spacial score (nSPS) is 16.3. The van der Waals surface area contributed by atoms with Crippen molar-refractivity contribution < 1.29 is 14.3 Å². The minimum atomic E-state index is -0.773. The maximum absolute atomic E-state index is 13.2. The molecule has 5 heteroatoms. The van der Waals surface area contributed by atoms with Crippen molar-refractivity contribution in [2.24, 2.45) is 0 Å². The van der Waals surface area contributed by atoms with Gasteiger partial charge < -0.3 is 10.4 Å². The van der Waals surface area contributed by atoms with Gasteiger partial charge in [-0.15, -0.1) is 0 Å². The van der Waals surface area contributed by atoms with Crippen LogP contribution in [-0.4, -0.2) is 28.1 Å². The summed E-state index contributed by atoms with van der Waals surface area (Å²) in [6.07, 6.45) is 4.91. The molecule has 2 N–H and O–H groups in total. The standard InChI is InChI=1S/C18H19FN2O2/c19-15-5-3-4-13(10-15)16-7-6-14(11-20-16)17(22)21-12-18(23)8-1-2-9-18/h3-7,10-11,23H,1-2,8-9,12H2,(H,21,22). The van der Waals surface area contributed by atoms with Crippen LogP contribution in [0.15, 0.2) is 42.6 Å². The van der Waals surface area contributed by atoms with Crippen LogP contribution in [-0.2, 0) is 0 Å². The van der Waals surface area contributed by atoms with Crippen LogP contribution in [0.1, 0.15) is 36.0 Å². The summed E-state index contributed by atoms with van der Waals surface area (Å²) in [5.41, 5.74) is 0.921. The topological polar surface area (TPSA) is 62.2 Å². The van der Waals surface area contributed by atoms with E-state index in [1.165, 1.54) is 18.3 Å². The molecule has 1 aromatic heterocycles. The maximum atomic E-state index is 13.2. The summed E-state index contributed by atoms with van der Waals surface area (Å²) in [7, 11) is 0. The van der Waals surface area contributed by atoms with E-state index in [4.69, 9.17) is 0 Å². The quantitative estimate of drug-likeness (QED) is 0.912. The first kappa shape index (κ1) is 15.6. The smallest absolute Gasteiger partial charge is 0.252 e. The van der Waals surface area contributed by atoms with E-state index < -0.39 is 5.60 Å². The lowest BCUT2D eigenvalue weighted by molar-refractivity contribution is 0.0449. The molecule has 1 aliphatic carbocycles. The Morgan fingerprint density at radius 1 is 1.26 bits per heavy atom. The lowest BCUT2D eigenvalue weighted by Crippen LogP contribution is -2.40. The molecule has 1 heterocycles. The Kier molecular flexibility index (Phi) is 4.39. The number of carbonyl (C=O) groups excluding carboxylic acids is 1. The van der Waals surface area contributed by atoms with Crippen molar-refractivity contribution >= 4 is 5.91 Å². The number of benzene rings is 1. The van der Waals surface area contributed by atoms with Gasteiger partial charge in [0.1, 0.15) is 5.82 Å². The number of hydrogen-bond acceptors (Lipinski definition) is 3. The van der Waals surface area contributed by atoms with E-state index in [1.807, 2.05) is 0 Å². The molecule has 1 saturated carbocycles. The zero-order valence-corrected chi connectivity index (χ0v) is 12.8. The van der Waals surface area contributed by atoms with Gasteiger partial charge in [-0.1, -0.05) is 25.0 Å². The van der Waals surface area contributed by atoms with Gasteiger partial charge in [-0.05, 0) is 37.1 Å². The van der Waals surface area contributed by atoms with Crippen LogP contribution in [0.4, 0.5) is 4.39 Å². The van der Waals surface area contributed by atoms with Gasteiger partial charge in [0.25, 0.3) is 5.91 Å². The van der Waals surface area contributed by atoms with Gasteiger partial charge in [0.2, 0.25) is 0 Å². The summed E-state index contributed by atoms with van der Waals surface area (Å²) in [6, 6.07) is 9.50. The van der Waals surface area contributed by atoms with E-state index in [9.17, 15) is 14.3 Å². The summed E-state index contributed by atoms with van der Waals surface area (Å²) in [6.45, 7) is 0.261. The Hall–Kier alpha value is -2.27. The van der Waals surface area contributed by atoms with Crippen LogP contribution in [0.5, 0.6) is 0 Å². The van der Waals surface area contributed by atoms with E-state index in [-0.39, 0.29) is 18.3 Å². The van der Waals surface area contributed by atoms with Crippen LogP contribution in [0.25, 0.3) is 11.3 Å². The van der Waals surface area contributed by atoms with Gasteiger partial charge in [0, 0.05) is 18.3 Å².